The largest absolute Gasteiger partial charge is 0.288 e. The monoisotopic (exact) mass is 201 g/mol. The summed E-state index contributed by atoms with van der Waals surface area (Å²) in [7, 11) is 0. The van der Waals surface area contributed by atoms with E-state index in [4.69, 9.17) is 0 Å². The number of hydrogen-bond donors (Lipinski definition) is 0. The van der Waals surface area contributed by atoms with Gasteiger partial charge in [0.2, 0.25) is 0 Å². The Bertz CT molecular complexity index is 446. The Morgan fingerprint density at radius 1 is 1.27 bits per heavy atom. The minimum atomic E-state index is 0.955. The lowest BCUT2D eigenvalue weighted by Gasteiger charge is -2.06. The summed E-state index contributed by atoms with van der Waals surface area (Å²) in [6, 6.07) is 4.07. The highest BCUT2D eigenvalue weighted by Gasteiger charge is 2.04. The van der Waals surface area contributed by atoms with Crippen LogP contribution in [-0.2, 0) is 6.42 Å². The molecule has 78 valence electrons. The lowest BCUT2D eigenvalue weighted by molar-refractivity contribution is 0.797. The molecule has 0 amide bonds. The van der Waals surface area contributed by atoms with E-state index in [1.807, 2.05) is 24.7 Å². The van der Waals surface area contributed by atoms with Crippen LogP contribution in [0.4, 0.5) is 0 Å². The summed E-state index contributed by atoms with van der Waals surface area (Å²) < 4.78 is 2.05. The fraction of sp³-hybridized carbons (Fsp3) is 0.333. The molecule has 15 heavy (non-hydrogen) atoms. The summed E-state index contributed by atoms with van der Waals surface area (Å²) in [5, 5.41) is 0. The predicted molar refractivity (Wildman–Crippen MR) is 60.1 cm³/mol. The van der Waals surface area contributed by atoms with Gasteiger partial charge in [0.25, 0.3) is 0 Å². The summed E-state index contributed by atoms with van der Waals surface area (Å²) in [6.45, 7) is 4.23. The zero-order valence-electron chi connectivity index (χ0n) is 9.14. The first-order valence-electron chi connectivity index (χ1n) is 5.26. The number of hydrogen-bond acceptors (Lipinski definition) is 2. The van der Waals surface area contributed by atoms with Crippen LogP contribution in [0.1, 0.15) is 24.7 Å². The minimum Gasteiger partial charge on any atom is -0.288 e. The quantitative estimate of drug-likeness (QED) is 0.764. The normalized spacial score (nSPS) is 10.5. The average Bonchev–Trinajstić information content (AvgIpc) is 2.66. The molecule has 2 rings (SSSR count). The van der Waals surface area contributed by atoms with Gasteiger partial charge >= 0.3 is 0 Å². The second-order valence-electron chi connectivity index (χ2n) is 3.65. The minimum absolute atomic E-state index is 0.955. The van der Waals surface area contributed by atoms with Gasteiger partial charge in [-0.1, -0.05) is 6.92 Å². The van der Waals surface area contributed by atoms with Gasteiger partial charge in [-0.05, 0) is 31.0 Å². The molecule has 0 atom stereocenters. The zero-order valence-corrected chi connectivity index (χ0v) is 9.14. The van der Waals surface area contributed by atoms with Crippen LogP contribution in [0.15, 0.2) is 30.7 Å². The SMILES string of the molecule is CCCc1nccn1-c1cc(C)ccn1. The Kier molecular flexibility index (Phi) is 2.81. The van der Waals surface area contributed by atoms with Crippen LogP contribution >= 0.6 is 0 Å². The molecule has 2 aromatic heterocycles. The molecule has 0 bridgehead atoms. The maximum absolute atomic E-state index is 4.35. The molecule has 2 heterocycles. The molecular weight excluding hydrogens is 186 g/mol. The van der Waals surface area contributed by atoms with Crippen molar-refractivity contribution in [1.82, 2.24) is 14.5 Å². The molecule has 0 saturated heterocycles. The van der Waals surface area contributed by atoms with Crippen LogP contribution in [0.3, 0.4) is 0 Å². The van der Waals surface area contributed by atoms with Crippen molar-refractivity contribution in [3.8, 4) is 5.82 Å². The van der Waals surface area contributed by atoms with Gasteiger partial charge in [0.05, 0.1) is 0 Å². The Morgan fingerprint density at radius 3 is 2.87 bits per heavy atom. The van der Waals surface area contributed by atoms with Gasteiger partial charge in [-0.3, -0.25) is 4.57 Å². The molecule has 0 N–H and O–H groups in total. The fourth-order valence-corrected chi connectivity index (χ4v) is 1.60. The number of pyridine rings is 1. The standard InChI is InChI=1S/C12H15N3/c1-3-4-11-14-7-8-15(11)12-9-10(2)5-6-13-12/h5-9H,3-4H2,1-2H3. The molecular formula is C12H15N3. The third-order valence-electron chi connectivity index (χ3n) is 2.34. The summed E-state index contributed by atoms with van der Waals surface area (Å²) in [6.07, 6.45) is 7.72. The third-order valence-corrected chi connectivity index (χ3v) is 2.34. The van der Waals surface area contributed by atoms with E-state index in [9.17, 15) is 0 Å². The van der Waals surface area contributed by atoms with E-state index in [0.717, 1.165) is 24.5 Å². The molecule has 0 aliphatic heterocycles. The summed E-state index contributed by atoms with van der Waals surface area (Å²) in [4.78, 5) is 8.68. The lowest BCUT2D eigenvalue weighted by Crippen LogP contribution is -2.02. The molecule has 0 fully saturated rings. The first-order chi connectivity index (χ1) is 7.31. The van der Waals surface area contributed by atoms with Crippen LogP contribution in [0.5, 0.6) is 0 Å². The van der Waals surface area contributed by atoms with Gasteiger partial charge < -0.3 is 0 Å². The first kappa shape index (κ1) is 9.90. The average molecular weight is 201 g/mol. The number of aromatic nitrogens is 3. The van der Waals surface area contributed by atoms with Gasteiger partial charge in [0, 0.05) is 25.0 Å². The summed E-state index contributed by atoms with van der Waals surface area (Å²) in [5.74, 6) is 2.03. The van der Waals surface area contributed by atoms with E-state index in [-0.39, 0.29) is 0 Å². The smallest absolute Gasteiger partial charge is 0.138 e. The number of imidazole rings is 1. The van der Waals surface area contributed by atoms with Gasteiger partial charge in [-0.15, -0.1) is 0 Å². The molecule has 0 spiro atoms. The van der Waals surface area contributed by atoms with Crippen molar-refractivity contribution in [2.75, 3.05) is 0 Å². The fourth-order valence-electron chi connectivity index (χ4n) is 1.60. The van der Waals surface area contributed by atoms with E-state index < -0.39 is 0 Å². The number of rotatable bonds is 3. The van der Waals surface area contributed by atoms with Crippen LogP contribution in [0.2, 0.25) is 0 Å². The maximum atomic E-state index is 4.35. The Labute approximate surface area is 89.8 Å². The summed E-state index contributed by atoms with van der Waals surface area (Å²) >= 11 is 0. The highest BCUT2D eigenvalue weighted by atomic mass is 15.1. The predicted octanol–water partition coefficient (Wildman–Crippen LogP) is 2.53. The van der Waals surface area contributed by atoms with Crippen molar-refractivity contribution in [2.24, 2.45) is 0 Å². The van der Waals surface area contributed by atoms with Crippen molar-refractivity contribution in [3.63, 3.8) is 0 Å². The highest BCUT2D eigenvalue weighted by Crippen LogP contribution is 2.10. The Balaban J connectivity index is 2.40. The second-order valence-corrected chi connectivity index (χ2v) is 3.65. The number of nitrogens with zero attached hydrogens (tertiary/aromatic N) is 3. The molecule has 0 saturated carbocycles. The Hall–Kier alpha value is -1.64. The topological polar surface area (TPSA) is 30.7 Å². The van der Waals surface area contributed by atoms with Crippen molar-refractivity contribution >= 4 is 0 Å². The molecule has 0 aromatic carbocycles. The Morgan fingerprint density at radius 2 is 2.13 bits per heavy atom. The molecule has 3 nitrogen and oxygen atoms in total. The molecule has 3 heteroatoms. The van der Waals surface area contributed by atoms with Crippen LogP contribution in [0, 0.1) is 6.92 Å². The van der Waals surface area contributed by atoms with Crippen LogP contribution in [0.25, 0.3) is 5.82 Å². The van der Waals surface area contributed by atoms with Gasteiger partial charge in [0.1, 0.15) is 11.6 Å². The molecule has 0 radical (unpaired) electrons. The van der Waals surface area contributed by atoms with Crippen molar-refractivity contribution in [1.29, 1.82) is 0 Å². The highest BCUT2D eigenvalue weighted by molar-refractivity contribution is 5.28. The van der Waals surface area contributed by atoms with E-state index in [1.165, 1.54) is 5.56 Å². The van der Waals surface area contributed by atoms with Crippen molar-refractivity contribution in [2.45, 2.75) is 26.7 Å². The zero-order chi connectivity index (χ0) is 10.7. The molecule has 0 aliphatic rings. The van der Waals surface area contributed by atoms with Crippen LogP contribution < -0.4 is 0 Å². The molecule has 0 aliphatic carbocycles. The molecule has 0 unspecified atom stereocenters. The number of aryl methyl sites for hydroxylation is 2. The van der Waals surface area contributed by atoms with Gasteiger partial charge in [-0.2, -0.15) is 0 Å². The van der Waals surface area contributed by atoms with E-state index >= 15 is 0 Å². The first-order valence-corrected chi connectivity index (χ1v) is 5.26. The van der Waals surface area contributed by atoms with Gasteiger partial charge in [-0.25, -0.2) is 9.97 Å². The lowest BCUT2D eigenvalue weighted by atomic mass is 10.3. The van der Waals surface area contributed by atoms with E-state index in [2.05, 4.69) is 34.4 Å². The van der Waals surface area contributed by atoms with E-state index in [0.29, 0.717) is 0 Å². The van der Waals surface area contributed by atoms with Crippen molar-refractivity contribution in [3.05, 3.63) is 42.1 Å². The maximum Gasteiger partial charge on any atom is 0.138 e. The third kappa shape index (κ3) is 2.06. The van der Waals surface area contributed by atoms with E-state index in [1.54, 1.807) is 0 Å². The molecule has 2 aromatic rings. The second kappa shape index (κ2) is 4.26. The van der Waals surface area contributed by atoms with Crippen LogP contribution in [-0.4, -0.2) is 14.5 Å². The van der Waals surface area contributed by atoms with Gasteiger partial charge in [0.15, 0.2) is 0 Å². The van der Waals surface area contributed by atoms with Crippen molar-refractivity contribution < 1.29 is 0 Å². The summed E-state index contributed by atoms with van der Waals surface area (Å²) in [5.41, 5.74) is 1.22.